The Labute approximate surface area is 157 Å². The molecule has 1 heterocycles. The standard InChI is InChI=1S/C19H22N4O4/c20-17-6-3-15(13-18(17)23(25)26)19(24)21-16-4-1-14(2-5-16)7-8-22-9-11-27-12-10-22/h1-6,13H,7-12,20H2,(H,21,24). The summed E-state index contributed by atoms with van der Waals surface area (Å²) in [5.74, 6) is -0.417. The van der Waals surface area contributed by atoms with E-state index < -0.39 is 10.8 Å². The Hall–Kier alpha value is -2.97. The second-order valence-corrected chi connectivity index (χ2v) is 6.39. The maximum Gasteiger partial charge on any atom is 0.292 e. The van der Waals surface area contributed by atoms with Gasteiger partial charge in [0.15, 0.2) is 0 Å². The number of nitro benzene ring substituents is 1. The second kappa shape index (κ2) is 8.61. The lowest BCUT2D eigenvalue weighted by Crippen LogP contribution is -2.37. The van der Waals surface area contributed by atoms with E-state index in [9.17, 15) is 14.9 Å². The van der Waals surface area contributed by atoms with Crippen molar-refractivity contribution < 1.29 is 14.5 Å². The first-order chi connectivity index (χ1) is 13.0. The Kier molecular flexibility index (Phi) is 6.00. The molecule has 1 fully saturated rings. The van der Waals surface area contributed by atoms with Crippen LogP contribution in [-0.4, -0.2) is 48.6 Å². The SMILES string of the molecule is Nc1ccc(C(=O)Nc2ccc(CCN3CCOCC3)cc2)cc1[N+](=O)[O-]. The van der Waals surface area contributed by atoms with Gasteiger partial charge in [0.2, 0.25) is 0 Å². The predicted molar refractivity (Wildman–Crippen MR) is 103 cm³/mol. The van der Waals surface area contributed by atoms with Crippen LogP contribution in [0.2, 0.25) is 0 Å². The molecule has 1 saturated heterocycles. The van der Waals surface area contributed by atoms with Crippen molar-refractivity contribution in [1.82, 2.24) is 4.90 Å². The third-order valence-corrected chi connectivity index (χ3v) is 4.52. The van der Waals surface area contributed by atoms with Gasteiger partial charge in [0.25, 0.3) is 11.6 Å². The van der Waals surface area contributed by atoms with Gasteiger partial charge in [-0.3, -0.25) is 19.8 Å². The summed E-state index contributed by atoms with van der Waals surface area (Å²) in [6.45, 7) is 4.47. The Morgan fingerprint density at radius 1 is 1.19 bits per heavy atom. The molecule has 0 aliphatic carbocycles. The van der Waals surface area contributed by atoms with Gasteiger partial charge in [0, 0.05) is 37.0 Å². The van der Waals surface area contributed by atoms with E-state index in [0.29, 0.717) is 5.69 Å². The van der Waals surface area contributed by atoms with E-state index in [-0.39, 0.29) is 16.9 Å². The van der Waals surface area contributed by atoms with Gasteiger partial charge < -0.3 is 15.8 Å². The van der Waals surface area contributed by atoms with Crippen LogP contribution in [0.1, 0.15) is 15.9 Å². The molecule has 0 spiro atoms. The van der Waals surface area contributed by atoms with Gasteiger partial charge in [0.1, 0.15) is 5.69 Å². The molecule has 27 heavy (non-hydrogen) atoms. The number of rotatable bonds is 6. The largest absolute Gasteiger partial charge is 0.393 e. The summed E-state index contributed by atoms with van der Waals surface area (Å²) in [5, 5.41) is 13.7. The number of hydrogen-bond donors (Lipinski definition) is 2. The van der Waals surface area contributed by atoms with Crippen LogP contribution in [0.3, 0.4) is 0 Å². The van der Waals surface area contributed by atoms with Crippen LogP contribution >= 0.6 is 0 Å². The highest BCUT2D eigenvalue weighted by molar-refractivity contribution is 6.05. The highest BCUT2D eigenvalue weighted by Crippen LogP contribution is 2.23. The molecule has 8 nitrogen and oxygen atoms in total. The number of nitrogen functional groups attached to an aromatic ring is 1. The van der Waals surface area contributed by atoms with Crippen LogP contribution < -0.4 is 11.1 Å². The van der Waals surface area contributed by atoms with E-state index in [0.717, 1.165) is 39.3 Å². The summed E-state index contributed by atoms with van der Waals surface area (Å²) in [7, 11) is 0. The average molecular weight is 370 g/mol. The van der Waals surface area contributed by atoms with Crippen molar-refractivity contribution in [1.29, 1.82) is 0 Å². The molecule has 3 N–H and O–H groups in total. The number of carbonyl (C=O) groups excluding carboxylic acids is 1. The van der Waals surface area contributed by atoms with Gasteiger partial charge >= 0.3 is 0 Å². The van der Waals surface area contributed by atoms with Gasteiger partial charge in [0.05, 0.1) is 18.1 Å². The zero-order valence-corrected chi connectivity index (χ0v) is 14.9. The first kappa shape index (κ1) is 18.8. The smallest absolute Gasteiger partial charge is 0.292 e. The van der Waals surface area contributed by atoms with Crippen molar-refractivity contribution in [2.24, 2.45) is 0 Å². The first-order valence-electron chi connectivity index (χ1n) is 8.77. The molecule has 142 valence electrons. The molecule has 0 saturated carbocycles. The zero-order chi connectivity index (χ0) is 19.2. The number of anilines is 2. The minimum atomic E-state index is -0.602. The molecule has 1 aliphatic heterocycles. The number of ether oxygens (including phenoxy) is 1. The molecular formula is C19H22N4O4. The lowest BCUT2D eigenvalue weighted by molar-refractivity contribution is -0.383. The molecule has 0 radical (unpaired) electrons. The summed E-state index contributed by atoms with van der Waals surface area (Å²) < 4.78 is 5.34. The van der Waals surface area contributed by atoms with Crippen LogP contribution in [0.4, 0.5) is 17.1 Å². The topological polar surface area (TPSA) is 111 Å². The molecule has 2 aromatic rings. The normalized spacial score (nSPS) is 14.7. The maximum absolute atomic E-state index is 12.3. The lowest BCUT2D eigenvalue weighted by atomic mass is 10.1. The van der Waals surface area contributed by atoms with E-state index >= 15 is 0 Å². The Bertz CT molecular complexity index is 817. The number of benzene rings is 2. The van der Waals surface area contributed by atoms with Gasteiger partial charge in [-0.25, -0.2) is 0 Å². The lowest BCUT2D eigenvalue weighted by Gasteiger charge is -2.26. The van der Waals surface area contributed by atoms with Crippen molar-refractivity contribution in [3.8, 4) is 0 Å². The van der Waals surface area contributed by atoms with Crippen molar-refractivity contribution in [3.63, 3.8) is 0 Å². The van der Waals surface area contributed by atoms with Crippen LogP contribution in [0, 0.1) is 10.1 Å². The molecule has 1 amide bonds. The fourth-order valence-corrected chi connectivity index (χ4v) is 2.91. The summed E-state index contributed by atoms with van der Waals surface area (Å²) in [5.41, 5.74) is 7.31. The number of morpholine rings is 1. The minimum absolute atomic E-state index is 0.0289. The molecule has 1 aliphatic rings. The Morgan fingerprint density at radius 3 is 2.56 bits per heavy atom. The van der Waals surface area contributed by atoms with Crippen LogP contribution in [0.25, 0.3) is 0 Å². The van der Waals surface area contributed by atoms with Crippen molar-refractivity contribution in [2.75, 3.05) is 43.9 Å². The summed E-state index contributed by atoms with van der Waals surface area (Å²) >= 11 is 0. The monoisotopic (exact) mass is 370 g/mol. The van der Waals surface area contributed by atoms with Crippen molar-refractivity contribution in [2.45, 2.75) is 6.42 Å². The number of carbonyl (C=O) groups is 1. The average Bonchev–Trinajstić information content (AvgIpc) is 2.68. The fraction of sp³-hybridized carbons (Fsp3) is 0.316. The quantitative estimate of drug-likeness (QED) is 0.459. The highest BCUT2D eigenvalue weighted by Gasteiger charge is 2.16. The summed E-state index contributed by atoms with van der Waals surface area (Å²) in [6, 6.07) is 11.6. The Balaban J connectivity index is 1.58. The summed E-state index contributed by atoms with van der Waals surface area (Å²) in [6.07, 6.45) is 0.929. The predicted octanol–water partition coefficient (Wildman–Crippen LogP) is 2.30. The van der Waals surface area contributed by atoms with E-state index in [1.165, 1.54) is 23.8 Å². The number of hydrogen-bond acceptors (Lipinski definition) is 6. The first-order valence-corrected chi connectivity index (χ1v) is 8.77. The van der Waals surface area contributed by atoms with Gasteiger partial charge in [-0.15, -0.1) is 0 Å². The van der Waals surface area contributed by atoms with Crippen LogP contribution in [0.5, 0.6) is 0 Å². The summed E-state index contributed by atoms with van der Waals surface area (Å²) in [4.78, 5) is 25.0. The molecule has 0 atom stereocenters. The molecule has 3 rings (SSSR count). The molecular weight excluding hydrogens is 348 g/mol. The number of nitro groups is 1. The third-order valence-electron chi connectivity index (χ3n) is 4.52. The van der Waals surface area contributed by atoms with E-state index in [1.807, 2.05) is 24.3 Å². The van der Waals surface area contributed by atoms with E-state index in [1.54, 1.807) is 0 Å². The molecule has 0 aromatic heterocycles. The van der Waals surface area contributed by atoms with Crippen LogP contribution in [0.15, 0.2) is 42.5 Å². The minimum Gasteiger partial charge on any atom is -0.393 e. The number of nitrogens with two attached hydrogens (primary N) is 1. The van der Waals surface area contributed by atoms with Gasteiger partial charge in [-0.1, -0.05) is 12.1 Å². The molecule has 2 aromatic carbocycles. The Morgan fingerprint density at radius 2 is 1.89 bits per heavy atom. The van der Waals surface area contributed by atoms with Gasteiger partial charge in [-0.2, -0.15) is 0 Å². The molecule has 0 bridgehead atoms. The van der Waals surface area contributed by atoms with Crippen LogP contribution in [-0.2, 0) is 11.2 Å². The maximum atomic E-state index is 12.3. The second-order valence-electron chi connectivity index (χ2n) is 6.39. The molecule has 0 unspecified atom stereocenters. The third kappa shape index (κ3) is 5.02. The van der Waals surface area contributed by atoms with E-state index in [2.05, 4.69) is 10.2 Å². The fourth-order valence-electron chi connectivity index (χ4n) is 2.91. The highest BCUT2D eigenvalue weighted by atomic mass is 16.6. The molecule has 8 heteroatoms. The van der Waals surface area contributed by atoms with E-state index in [4.69, 9.17) is 10.5 Å². The van der Waals surface area contributed by atoms with Crippen molar-refractivity contribution in [3.05, 3.63) is 63.7 Å². The zero-order valence-electron chi connectivity index (χ0n) is 14.9. The number of nitrogens with zero attached hydrogens (tertiary/aromatic N) is 2. The number of nitrogens with one attached hydrogen (secondary N) is 1. The van der Waals surface area contributed by atoms with Gasteiger partial charge in [-0.05, 0) is 36.2 Å². The van der Waals surface area contributed by atoms with Crippen molar-refractivity contribution >= 4 is 23.0 Å². The number of amides is 1.